The van der Waals surface area contributed by atoms with Crippen molar-refractivity contribution in [1.82, 2.24) is 0 Å². The van der Waals surface area contributed by atoms with Crippen molar-refractivity contribution < 1.29 is 4.74 Å². The lowest BCUT2D eigenvalue weighted by Gasteiger charge is -2.12. The summed E-state index contributed by atoms with van der Waals surface area (Å²) in [5.74, 6) is 0.784. The van der Waals surface area contributed by atoms with E-state index in [1.54, 1.807) is 7.11 Å². The van der Waals surface area contributed by atoms with Gasteiger partial charge < -0.3 is 9.64 Å². The molecule has 0 saturated heterocycles. The Morgan fingerprint density at radius 1 is 1.05 bits per heavy atom. The van der Waals surface area contributed by atoms with Gasteiger partial charge in [-0.25, -0.2) is 0 Å². The van der Waals surface area contributed by atoms with Crippen molar-refractivity contribution in [3.8, 4) is 11.8 Å². The van der Waals surface area contributed by atoms with Crippen LogP contribution in [0.25, 0.3) is 11.6 Å². The number of nitriles is 1. The second kappa shape index (κ2) is 6.62. The average molecular weight is 278 g/mol. The number of allylic oxidation sites excluding steroid dienone is 1. The van der Waals surface area contributed by atoms with Crippen LogP contribution in [0.5, 0.6) is 5.75 Å². The van der Waals surface area contributed by atoms with Crippen LogP contribution in [-0.2, 0) is 0 Å². The van der Waals surface area contributed by atoms with E-state index in [1.165, 1.54) is 0 Å². The second-order valence-electron chi connectivity index (χ2n) is 4.88. The van der Waals surface area contributed by atoms with Crippen LogP contribution in [0.4, 0.5) is 5.69 Å². The summed E-state index contributed by atoms with van der Waals surface area (Å²) in [4.78, 5) is 2.04. The van der Waals surface area contributed by atoms with E-state index in [4.69, 9.17) is 4.74 Å². The molecular weight excluding hydrogens is 260 g/mol. The third kappa shape index (κ3) is 3.64. The molecule has 3 nitrogen and oxygen atoms in total. The number of hydrogen-bond donors (Lipinski definition) is 0. The molecule has 0 aliphatic rings. The van der Waals surface area contributed by atoms with E-state index >= 15 is 0 Å². The molecule has 0 aromatic heterocycles. The number of nitrogens with zero attached hydrogens (tertiary/aromatic N) is 2. The molecule has 0 aliphatic heterocycles. The normalized spacial score (nSPS) is 10.9. The first-order chi connectivity index (χ1) is 10.1. The van der Waals surface area contributed by atoms with Crippen LogP contribution >= 0.6 is 0 Å². The Bertz CT molecular complexity index is 662. The number of methoxy groups -OCH3 is 1. The first kappa shape index (κ1) is 14.7. The molecule has 0 unspecified atom stereocenters. The number of benzene rings is 2. The molecule has 0 amide bonds. The maximum absolute atomic E-state index is 9.35. The predicted octanol–water partition coefficient (Wildman–Crippen LogP) is 3.83. The van der Waals surface area contributed by atoms with Crippen LogP contribution in [-0.4, -0.2) is 21.2 Å². The molecule has 0 spiro atoms. The Kier molecular flexibility index (Phi) is 4.63. The van der Waals surface area contributed by atoms with Crippen LogP contribution in [0.2, 0.25) is 0 Å². The molecule has 0 heterocycles. The summed E-state index contributed by atoms with van der Waals surface area (Å²) < 4.78 is 5.13. The molecule has 3 heteroatoms. The van der Waals surface area contributed by atoms with Gasteiger partial charge in [0.25, 0.3) is 0 Å². The highest BCUT2D eigenvalue weighted by Gasteiger charge is 2.02. The molecule has 0 radical (unpaired) electrons. The Morgan fingerprint density at radius 3 is 2.14 bits per heavy atom. The maximum atomic E-state index is 9.35. The van der Waals surface area contributed by atoms with Crippen LogP contribution < -0.4 is 9.64 Å². The second-order valence-corrected chi connectivity index (χ2v) is 4.88. The van der Waals surface area contributed by atoms with Gasteiger partial charge in [-0.15, -0.1) is 0 Å². The monoisotopic (exact) mass is 278 g/mol. The third-order valence-corrected chi connectivity index (χ3v) is 3.24. The standard InChI is InChI=1S/C18H18N2O/c1-20(2)17-8-4-14(5-9-17)12-16(13-19)15-6-10-18(21-3)11-7-15/h4-12H,1-3H3/b16-12-. The van der Waals surface area contributed by atoms with Gasteiger partial charge in [0, 0.05) is 19.8 Å². The zero-order chi connectivity index (χ0) is 15.2. The van der Waals surface area contributed by atoms with Crippen molar-refractivity contribution in [3.05, 3.63) is 59.7 Å². The lowest BCUT2D eigenvalue weighted by Crippen LogP contribution is -2.07. The van der Waals surface area contributed by atoms with Gasteiger partial charge >= 0.3 is 0 Å². The molecule has 2 rings (SSSR count). The maximum Gasteiger partial charge on any atom is 0.118 e. The van der Waals surface area contributed by atoms with E-state index in [1.807, 2.05) is 73.6 Å². The van der Waals surface area contributed by atoms with Crippen LogP contribution in [0.15, 0.2) is 48.5 Å². The van der Waals surface area contributed by atoms with Crippen molar-refractivity contribution in [2.24, 2.45) is 0 Å². The van der Waals surface area contributed by atoms with Gasteiger partial charge in [0.05, 0.1) is 18.8 Å². The van der Waals surface area contributed by atoms with Gasteiger partial charge in [0.1, 0.15) is 5.75 Å². The number of rotatable bonds is 4. The first-order valence-electron chi connectivity index (χ1n) is 6.67. The van der Waals surface area contributed by atoms with Crippen molar-refractivity contribution in [1.29, 1.82) is 5.26 Å². The molecule has 0 N–H and O–H groups in total. The smallest absolute Gasteiger partial charge is 0.118 e. The molecule has 0 atom stereocenters. The van der Waals surface area contributed by atoms with Crippen LogP contribution in [0, 0.1) is 11.3 Å². The van der Waals surface area contributed by atoms with E-state index in [0.29, 0.717) is 5.57 Å². The minimum Gasteiger partial charge on any atom is -0.497 e. The van der Waals surface area contributed by atoms with Gasteiger partial charge in [-0.1, -0.05) is 12.1 Å². The Balaban J connectivity index is 2.29. The Hall–Kier alpha value is -2.73. The minimum atomic E-state index is 0.634. The van der Waals surface area contributed by atoms with E-state index in [0.717, 1.165) is 22.6 Å². The van der Waals surface area contributed by atoms with Crippen molar-refractivity contribution >= 4 is 17.3 Å². The summed E-state index contributed by atoms with van der Waals surface area (Å²) in [5, 5.41) is 9.35. The number of anilines is 1. The molecule has 0 fully saturated rings. The Morgan fingerprint density at radius 2 is 1.67 bits per heavy atom. The molecular formula is C18H18N2O. The molecule has 106 valence electrons. The molecule has 2 aromatic carbocycles. The van der Waals surface area contributed by atoms with Crippen LogP contribution in [0.1, 0.15) is 11.1 Å². The molecule has 2 aromatic rings. The molecule has 21 heavy (non-hydrogen) atoms. The van der Waals surface area contributed by atoms with E-state index in [-0.39, 0.29) is 0 Å². The quantitative estimate of drug-likeness (QED) is 0.630. The zero-order valence-electron chi connectivity index (χ0n) is 12.5. The van der Waals surface area contributed by atoms with E-state index in [9.17, 15) is 5.26 Å². The molecule has 0 saturated carbocycles. The average Bonchev–Trinajstić information content (AvgIpc) is 2.53. The van der Waals surface area contributed by atoms with Crippen molar-refractivity contribution in [2.75, 3.05) is 26.1 Å². The number of ether oxygens (including phenoxy) is 1. The summed E-state index contributed by atoms with van der Waals surface area (Å²) in [5.41, 5.74) is 3.66. The van der Waals surface area contributed by atoms with Gasteiger partial charge in [-0.05, 0) is 53.6 Å². The fraction of sp³-hybridized carbons (Fsp3) is 0.167. The largest absolute Gasteiger partial charge is 0.497 e. The van der Waals surface area contributed by atoms with Gasteiger partial charge in [-0.3, -0.25) is 0 Å². The highest BCUT2D eigenvalue weighted by molar-refractivity contribution is 5.89. The van der Waals surface area contributed by atoms with Gasteiger partial charge in [0.15, 0.2) is 0 Å². The molecule has 0 bridgehead atoms. The van der Waals surface area contributed by atoms with Crippen molar-refractivity contribution in [3.63, 3.8) is 0 Å². The van der Waals surface area contributed by atoms with E-state index < -0.39 is 0 Å². The highest BCUT2D eigenvalue weighted by Crippen LogP contribution is 2.21. The Labute approximate surface area is 125 Å². The summed E-state index contributed by atoms with van der Waals surface area (Å²) in [6, 6.07) is 17.8. The summed E-state index contributed by atoms with van der Waals surface area (Å²) >= 11 is 0. The minimum absolute atomic E-state index is 0.634. The van der Waals surface area contributed by atoms with Gasteiger partial charge in [-0.2, -0.15) is 5.26 Å². The summed E-state index contributed by atoms with van der Waals surface area (Å²) in [6.07, 6.45) is 1.89. The highest BCUT2D eigenvalue weighted by atomic mass is 16.5. The number of hydrogen-bond acceptors (Lipinski definition) is 3. The lowest BCUT2D eigenvalue weighted by molar-refractivity contribution is 0.415. The van der Waals surface area contributed by atoms with Crippen LogP contribution in [0.3, 0.4) is 0 Å². The van der Waals surface area contributed by atoms with Gasteiger partial charge in [0.2, 0.25) is 0 Å². The SMILES string of the molecule is COc1ccc(/C(C#N)=C\c2ccc(N(C)C)cc2)cc1. The topological polar surface area (TPSA) is 36.3 Å². The zero-order valence-corrected chi connectivity index (χ0v) is 12.5. The summed E-state index contributed by atoms with van der Waals surface area (Å²) in [6.45, 7) is 0. The first-order valence-corrected chi connectivity index (χ1v) is 6.67. The fourth-order valence-corrected chi connectivity index (χ4v) is 1.99. The fourth-order valence-electron chi connectivity index (χ4n) is 1.99. The van der Waals surface area contributed by atoms with E-state index in [2.05, 4.69) is 6.07 Å². The third-order valence-electron chi connectivity index (χ3n) is 3.24. The predicted molar refractivity (Wildman–Crippen MR) is 87.2 cm³/mol. The molecule has 0 aliphatic carbocycles. The lowest BCUT2D eigenvalue weighted by atomic mass is 10.0. The summed E-state index contributed by atoms with van der Waals surface area (Å²) in [7, 11) is 5.63. The van der Waals surface area contributed by atoms with Crippen molar-refractivity contribution in [2.45, 2.75) is 0 Å².